The Morgan fingerprint density at radius 2 is 0.906 bits per heavy atom. The number of esters is 1. The molecule has 0 radical (unpaired) electrons. The van der Waals surface area contributed by atoms with Crippen molar-refractivity contribution in [3.8, 4) is 0 Å². The van der Waals surface area contributed by atoms with Crippen molar-refractivity contribution in [2.24, 2.45) is 0 Å². The summed E-state index contributed by atoms with van der Waals surface area (Å²) < 4.78 is 4.89. The first-order valence-corrected chi connectivity index (χ1v) is 14.1. The van der Waals surface area contributed by atoms with Crippen LogP contribution in [0.15, 0.2) is 0 Å². The van der Waals surface area contributed by atoms with Gasteiger partial charge >= 0.3 is 5.97 Å². The molecule has 2 N–H and O–H groups in total. The zero-order valence-electron chi connectivity index (χ0n) is 21.5. The number of rotatable bonds is 26. The minimum Gasteiger partial charge on any atom is -0.463 e. The van der Waals surface area contributed by atoms with Crippen LogP contribution in [0.25, 0.3) is 0 Å². The van der Waals surface area contributed by atoms with Crippen molar-refractivity contribution in [2.45, 2.75) is 161 Å². The molecular weight excluding hydrogens is 400 g/mol. The van der Waals surface area contributed by atoms with Crippen molar-refractivity contribution < 1.29 is 19.7 Å². The van der Waals surface area contributed by atoms with E-state index in [1.54, 1.807) is 0 Å². The van der Waals surface area contributed by atoms with E-state index in [1.807, 2.05) is 0 Å². The normalized spacial score (nSPS) is 12.2. The van der Waals surface area contributed by atoms with Gasteiger partial charge in [0.2, 0.25) is 0 Å². The van der Waals surface area contributed by atoms with Crippen LogP contribution in [0, 0.1) is 0 Å². The molecule has 0 bridgehead atoms. The summed E-state index contributed by atoms with van der Waals surface area (Å²) in [6, 6.07) is 0. The molecule has 4 heteroatoms. The molecular formula is C28H56O4. The van der Waals surface area contributed by atoms with Gasteiger partial charge < -0.3 is 14.9 Å². The third-order valence-corrected chi connectivity index (χ3v) is 6.38. The Hall–Kier alpha value is -0.610. The monoisotopic (exact) mass is 456 g/mol. The van der Waals surface area contributed by atoms with E-state index < -0.39 is 6.10 Å². The van der Waals surface area contributed by atoms with Gasteiger partial charge in [0.05, 0.1) is 6.61 Å². The molecule has 0 saturated heterocycles. The highest BCUT2D eigenvalue weighted by Gasteiger charge is 2.07. The van der Waals surface area contributed by atoms with E-state index >= 15 is 0 Å². The lowest BCUT2D eigenvalue weighted by molar-refractivity contribution is -0.147. The van der Waals surface area contributed by atoms with E-state index in [0.29, 0.717) is 6.42 Å². The highest BCUT2D eigenvalue weighted by molar-refractivity contribution is 5.69. The number of aliphatic hydroxyl groups excluding tert-OH is 2. The first-order valence-electron chi connectivity index (χ1n) is 14.1. The van der Waals surface area contributed by atoms with Crippen molar-refractivity contribution in [3.05, 3.63) is 0 Å². The van der Waals surface area contributed by atoms with E-state index in [9.17, 15) is 4.79 Å². The minimum atomic E-state index is -0.955. The van der Waals surface area contributed by atoms with Crippen LogP contribution < -0.4 is 0 Å². The van der Waals surface area contributed by atoms with Crippen LogP contribution >= 0.6 is 0 Å². The number of hydrogen-bond donors (Lipinski definition) is 2. The number of hydrogen-bond acceptors (Lipinski definition) is 4. The molecule has 0 amide bonds. The third-order valence-electron chi connectivity index (χ3n) is 6.38. The molecule has 0 unspecified atom stereocenters. The van der Waals surface area contributed by atoms with Gasteiger partial charge in [-0.3, -0.25) is 4.79 Å². The molecule has 0 aromatic rings. The molecule has 0 aliphatic heterocycles. The lowest BCUT2D eigenvalue weighted by Gasteiger charge is -2.08. The molecule has 0 heterocycles. The second kappa shape index (κ2) is 26.6. The van der Waals surface area contributed by atoms with E-state index in [2.05, 4.69) is 6.92 Å². The van der Waals surface area contributed by atoms with Gasteiger partial charge in [-0.2, -0.15) is 0 Å². The van der Waals surface area contributed by atoms with Crippen LogP contribution in [0.1, 0.15) is 155 Å². The SMILES string of the molecule is CCCCCCCCCCCCCCCCCCCCCCCCC(=O)OC[C@@H](O)CO. The standard InChI is InChI=1S/C28H56O4/c1-2-3-4-5-6-7-8-9-10-11-12-13-14-15-16-17-18-19-20-21-22-23-24-28(31)32-26-27(30)25-29/h27,29-30H,2-26H2,1H3/t27-/m0/s1. The molecule has 1 atom stereocenters. The summed E-state index contributed by atoms with van der Waals surface area (Å²) in [5.41, 5.74) is 0. The molecule has 0 fully saturated rings. The summed E-state index contributed by atoms with van der Waals surface area (Å²) in [5, 5.41) is 17.8. The van der Waals surface area contributed by atoms with Gasteiger partial charge in [-0.1, -0.05) is 142 Å². The Morgan fingerprint density at radius 3 is 1.22 bits per heavy atom. The first-order chi connectivity index (χ1) is 15.7. The predicted octanol–water partition coefficient (Wildman–Crippen LogP) is 7.88. The maximum absolute atomic E-state index is 11.5. The fourth-order valence-corrected chi connectivity index (χ4v) is 4.19. The van der Waals surface area contributed by atoms with Crippen LogP contribution in [0.4, 0.5) is 0 Å². The highest BCUT2D eigenvalue weighted by atomic mass is 16.5. The first kappa shape index (κ1) is 31.4. The molecule has 32 heavy (non-hydrogen) atoms. The molecule has 4 nitrogen and oxygen atoms in total. The maximum Gasteiger partial charge on any atom is 0.305 e. The molecule has 0 aromatic carbocycles. The zero-order valence-corrected chi connectivity index (χ0v) is 21.5. The third kappa shape index (κ3) is 25.6. The number of aliphatic hydroxyl groups is 2. The van der Waals surface area contributed by atoms with Crippen molar-refractivity contribution in [3.63, 3.8) is 0 Å². The van der Waals surface area contributed by atoms with Gasteiger partial charge in [-0.25, -0.2) is 0 Å². The number of unbranched alkanes of at least 4 members (excludes halogenated alkanes) is 21. The van der Waals surface area contributed by atoms with Crippen LogP contribution in [0.3, 0.4) is 0 Å². The Kier molecular flexibility index (Phi) is 26.1. The van der Waals surface area contributed by atoms with Gasteiger partial charge in [-0.15, -0.1) is 0 Å². The zero-order chi connectivity index (χ0) is 23.5. The predicted molar refractivity (Wildman–Crippen MR) is 136 cm³/mol. The average Bonchev–Trinajstić information content (AvgIpc) is 2.80. The van der Waals surface area contributed by atoms with Crippen LogP contribution in [0.5, 0.6) is 0 Å². The fourth-order valence-electron chi connectivity index (χ4n) is 4.19. The number of carbonyl (C=O) groups is 1. The summed E-state index contributed by atoms with van der Waals surface area (Å²) >= 11 is 0. The average molecular weight is 457 g/mol. The van der Waals surface area contributed by atoms with E-state index in [1.165, 1.54) is 128 Å². The van der Waals surface area contributed by atoms with Crippen molar-refractivity contribution >= 4 is 5.97 Å². The summed E-state index contributed by atoms with van der Waals surface area (Å²) in [4.78, 5) is 11.5. The van der Waals surface area contributed by atoms with Gasteiger partial charge in [-0.05, 0) is 6.42 Å². The smallest absolute Gasteiger partial charge is 0.305 e. The molecule has 0 spiro atoms. The minimum absolute atomic E-state index is 0.103. The second-order valence-electron chi connectivity index (χ2n) is 9.69. The van der Waals surface area contributed by atoms with Crippen LogP contribution in [-0.4, -0.2) is 35.5 Å². The fraction of sp³-hybridized carbons (Fsp3) is 0.964. The molecule has 0 rings (SSSR count). The van der Waals surface area contributed by atoms with Gasteiger partial charge in [0.25, 0.3) is 0 Å². The molecule has 0 aliphatic rings. The lowest BCUT2D eigenvalue weighted by Crippen LogP contribution is -2.21. The summed E-state index contributed by atoms with van der Waals surface area (Å²) in [5.74, 6) is -0.273. The topological polar surface area (TPSA) is 66.8 Å². The highest BCUT2D eigenvalue weighted by Crippen LogP contribution is 2.15. The molecule has 0 aliphatic carbocycles. The largest absolute Gasteiger partial charge is 0.463 e. The second-order valence-corrected chi connectivity index (χ2v) is 9.69. The van der Waals surface area contributed by atoms with E-state index in [4.69, 9.17) is 14.9 Å². The van der Waals surface area contributed by atoms with Crippen molar-refractivity contribution in [1.82, 2.24) is 0 Å². The number of ether oxygens (including phenoxy) is 1. The van der Waals surface area contributed by atoms with Crippen molar-refractivity contribution in [2.75, 3.05) is 13.2 Å². The number of carbonyl (C=O) groups excluding carboxylic acids is 1. The van der Waals surface area contributed by atoms with Gasteiger partial charge in [0.15, 0.2) is 0 Å². The molecule has 0 saturated carbocycles. The van der Waals surface area contributed by atoms with E-state index in [-0.39, 0.29) is 19.2 Å². The summed E-state index contributed by atoms with van der Waals surface area (Å²) in [7, 11) is 0. The lowest BCUT2D eigenvalue weighted by atomic mass is 10.0. The maximum atomic E-state index is 11.5. The quantitative estimate of drug-likeness (QED) is 0.103. The summed E-state index contributed by atoms with van der Waals surface area (Å²) in [6.45, 7) is 1.81. The van der Waals surface area contributed by atoms with Crippen LogP contribution in [-0.2, 0) is 9.53 Å². The Morgan fingerprint density at radius 1 is 0.594 bits per heavy atom. The van der Waals surface area contributed by atoms with Crippen molar-refractivity contribution in [1.29, 1.82) is 0 Å². The van der Waals surface area contributed by atoms with Gasteiger partial charge in [0, 0.05) is 6.42 Å². The van der Waals surface area contributed by atoms with E-state index in [0.717, 1.165) is 12.8 Å². The van der Waals surface area contributed by atoms with Gasteiger partial charge in [0.1, 0.15) is 12.7 Å². The molecule has 192 valence electrons. The Bertz CT molecular complexity index is 372. The summed E-state index contributed by atoms with van der Waals surface area (Å²) in [6.07, 6.45) is 29.3. The Balaban J connectivity index is 3.10. The Labute approximate surface area is 199 Å². The molecule has 0 aromatic heterocycles. The van der Waals surface area contributed by atoms with Crippen LogP contribution in [0.2, 0.25) is 0 Å².